The van der Waals surface area contributed by atoms with Crippen LogP contribution in [0, 0.1) is 11.8 Å². The van der Waals surface area contributed by atoms with Crippen LogP contribution in [0.3, 0.4) is 0 Å². The fraction of sp³-hybridized carbons (Fsp3) is 0.118. The van der Waals surface area contributed by atoms with Gasteiger partial charge in [0.25, 0.3) is 0 Å². The van der Waals surface area contributed by atoms with Crippen molar-refractivity contribution in [3.8, 4) is 17.6 Å². The monoisotopic (exact) mass is 294 g/mol. The van der Waals surface area contributed by atoms with Gasteiger partial charge in [-0.05, 0) is 24.3 Å². The first-order valence-corrected chi connectivity index (χ1v) is 7.42. The van der Waals surface area contributed by atoms with Crippen molar-refractivity contribution >= 4 is 22.2 Å². The average Bonchev–Trinajstić information content (AvgIpc) is 2.99. The fourth-order valence-electron chi connectivity index (χ4n) is 2.00. The third kappa shape index (κ3) is 3.22. The number of thiophene rings is 1. The molecule has 21 heavy (non-hydrogen) atoms. The summed E-state index contributed by atoms with van der Waals surface area (Å²) in [6.45, 7) is 0.899. The smallest absolute Gasteiger partial charge is 0.146 e. The maximum atomic E-state index is 5.90. The molecule has 0 radical (unpaired) electrons. The molecule has 3 rings (SSSR count). The van der Waals surface area contributed by atoms with Gasteiger partial charge in [0.15, 0.2) is 0 Å². The highest BCUT2D eigenvalue weighted by Gasteiger charge is 2.04. The number of rotatable bonds is 3. The quantitative estimate of drug-likeness (QED) is 0.755. The SMILES string of the molecule is NCC#Cc1ccc(COc2cccc3cccnc23)s1. The van der Waals surface area contributed by atoms with E-state index in [1.54, 1.807) is 17.5 Å². The summed E-state index contributed by atoms with van der Waals surface area (Å²) in [5.74, 6) is 6.68. The summed E-state index contributed by atoms with van der Waals surface area (Å²) in [5.41, 5.74) is 6.26. The molecule has 0 aliphatic carbocycles. The third-order valence-electron chi connectivity index (χ3n) is 2.94. The van der Waals surface area contributed by atoms with E-state index < -0.39 is 0 Å². The fourth-order valence-corrected chi connectivity index (χ4v) is 2.80. The van der Waals surface area contributed by atoms with Crippen LogP contribution in [-0.4, -0.2) is 11.5 Å². The molecule has 3 nitrogen and oxygen atoms in total. The molecule has 1 aromatic carbocycles. The van der Waals surface area contributed by atoms with Gasteiger partial charge in [-0.15, -0.1) is 11.3 Å². The van der Waals surface area contributed by atoms with E-state index in [1.165, 1.54) is 0 Å². The second-order valence-electron chi connectivity index (χ2n) is 4.39. The second-order valence-corrected chi connectivity index (χ2v) is 5.56. The van der Waals surface area contributed by atoms with Crippen LogP contribution in [-0.2, 0) is 6.61 Å². The minimum atomic E-state index is 0.380. The molecule has 0 unspecified atom stereocenters. The predicted octanol–water partition coefficient (Wildman–Crippen LogP) is 3.19. The minimum Gasteiger partial charge on any atom is -0.486 e. The van der Waals surface area contributed by atoms with Crippen molar-refractivity contribution in [3.05, 3.63) is 58.4 Å². The summed E-state index contributed by atoms with van der Waals surface area (Å²) in [6, 6.07) is 13.9. The maximum absolute atomic E-state index is 5.90. The molecule has 2 heterocycles. The van der Waals surface area contributed by atoms with Crippen LogP contribution in [0.25, 0.3) is 10.9 Å². The topological polar surface area (TPSA) is 48.1 Å². The van der Waals surface area contributed by atoms with Gasteiger partial charge in [0.2, 0.25) is 0 Å². The molecule has 0 fully saturated rings. The lowest BCUT2D eigenvalue weighted by atomic mass is 10.2. The second kappa shape index (κ2) is 6.40. The highest BCUT2D eigenvalue weighted by Crippen LogP contribution is 2.25. The molecule has 104 valence electrons. The lowest BCUT2D eigenvalue weighted by Gasteiger charge is -2.07. The Morgan fingerprint density at radius 3 is 2.95 bits per heavy atom. The van der Waals surface area contributed by atoms with Crippen molar-refractivity contribution in [2.75, 3.05) is 6.54 Å². The highest BCUT2D eigenvalue weighted by molar-refractivity contribution is 7.12. The first-order chi connectivity index (χ1) is 10.4. The molecule has 0 amide bonds. The predicted molar refractivity (Wildman–Crippen MR) is 86.3 cm³/mol. The Bertz CT molecular complexity index is 809. The van der Waals surface area contributed by atoms with E-state index in [0.29, 0.717) is 13.2 Å². The summed E-state index contributed by atoms with van der Waals surface area (Å²) in [7, 11) is 0. The van der Waals surface area contributed by atoms with E-state index in [-0.39, 0.29) is 0 Å². The van der Waals surface area contributed by atoms with Crippen molar-refractivity contribution in [1.82, 2.24) is 4.98 Å². The number of para-hydroxylation sites is 1. The van der Waals surface area contributed by atoms with Gasteiger partial charge in [-0.25, -0.2) is 0 Å². The molecule has 3 aromatic rings. The molecule has 0 saturated heterocycles. The molecule has 2 N–H and O–H groups in total. The Morgan fingerprint density at radius 1 is 1.14 bits per heavy atom. The van der Waals surface area contributed by atoms with Crippen molar-refractivity contribution < 1.29 is 4.74 Å². The number of ether oxygens (including phenoxy) is 1. The number of nitrogens with zero attached hydrogens (tertiary/aromatic N) is 1. The molecule has 2 aromatic heterocycles. The number of pyridine rings is 1. The number of hydrogen-bond donors (Lipinski definition) is 1. The molecule has 0 atom stereocenters. The first-order valence-electron chi connectivity index (χ1n) is 6.61. The van der Waals surface area contributed by atoms with Crippen LogP contribution < -0.4 is 10.5 Å². The minimum absolute atomic E-state index is 0.380. The molecule has 0 aliphatic heterocycles. The van der Waals surface area contributed by atoms with Crippen molar-refractivity contribution in [1.29, 1.82) is 0 Å². The Balaban J connectivity index is 1.76. The van der Waals surface area contributed by atoms with E-state index in [1.807, 2.05) is 42.5 Å². The van der Waals surface area contributed by atoms with E-state index in [9.17, 15) is 0 Å². The van der Waals surface area contributed by atoms with E-state index in [4.69, 9.17) is 10.5 Å². The summed E-state index contributed by atoms with van der Waals surface area (Å²) in [4.78, 5) is 6.52. The molecular weight excluding hydrogens is 280 g/mol. The Labute approximate surface area is 127 Å². The van der Waals surface area contributed by atoms with Gasteiger partial charge in [0, 0.05) is 16.5 Å². The van der Waals surface area contributed by atoms with E-state index >= 15 is 0 Å². The standard InChI is InChI=1S/C17H14N2OS/c18-10-2-6-14-8-9-15(21-14)12-20-16-7-1-4-13-5-3-11-19-17(13)16/h1,3-5,7-9,11H,10,12,18H2. The summed E-state index contributed by atoms with van der Waals surface area (Å²) in [6.07, 6.45) is 1.78. The molecule has 0 aliphatic rings. The zero-order valence-electron chi connectivity index (χ0n) is 11.4. The van der Waals surface area contributed by atoms with E-state index in [0.717, 1.165) is 26.4 Å². The molecule has 4 heteroatoms. The van der Waals surface area contributed by atoms with Crippen LogP contribution in [0.4, 0.5) is 0 Å². The lowest BCUT2D eigenvalue weighted by molar-refractivity contribution is 0.313. The molecular formula is C17H14N2OS. The van der Waals surface area contributed by atoms with Gasteiger partial charge in [0.1, 0.15) is 17.9 Å². The number of hydrogen-bond acceptors (Lipinski definition) is 4. The number of fused-ring (bicyclic) bond motifs is 1. The molecule has 0 saturated carbocycles. The van der Waals surface area contributed by atoms with Crippen molar-refractivity contribution in [2.24, 2.45) is 5.73 Å². The van der Waals surface area contributed by atoms with Crippen LogP contribution in [0.2, 0.25) is 0 Å². The van der Waals surface area contributed by atoms with Gasteiger partial charge in [-0.2, -0.15) is 0 Å². The van der Waals surface area contributed by atoms with Crippen LogP contribution in [0.1, 0.15) is 9.75 Å². The van der Waals surface area contributed by atoms with Crippen LogP contribution in [0.15, 0.2) is 48.7 Å². The Kier molecular flexibility index (Phi) is 4.15. The summed E-state index contributed by atoms with van der Waals surface area (Å²) >= 11 is 1.62. The Hall–Kier alpha value is -2.35. The van der Waals surface area contributed by atoms with Crippen molar-refractivity contribution in [2.45, 2.75) is 6.61 Å². The van der Waals surface area contributed by atoms with Gasteiger partial charge < -0.3 is 10.5 Å². The number of nitrogens with two attached hydrogens (primary N) is 1. The van der Waals surface area contributed by atoms with Gasteiger partial charge in [-0.3, -0.25) is 4.98 Å². The Morgan fingerprint density at radius 2 is 2.05 bits per heavy atom. The summed E-state index contributed by atoms with van der Waals surface area (Å²) < 4.78 is 5.90. The molecule has 0 spiro atoms. The average molecular weight is 294 g/mol. The third-order valence-corrected chi connectivity index (χ3v) is 3.92. The van der Waals surface area contributed by atoms with Gasteiger partial charge in [0.05, 0.1) is 11.4 Å². The van der Waals surface area contributed by atoms with Crippen molar-refractivity contribution in [3.63, 3.8) is 0 Å². The maximum Gasteiger partial charge on any atom is 0.146 e. The summed E-state index contributed by atoms with van der Waals surface area (Å²) in [5, 5.41) is 1.08. The number of aromatic nitrogens is 1. The normalized spacial score (nSPS) is 10.1. The first kappa shape index (κ1) is 13.6. The van der Waals surface area contributed by atoms with Crippen LogP contribution >= 0.6 is 11.3 Å². The molecule has 0 bridgehead atoms. The van der Waals surface area contributed by atoms with Crippen LogP contribution in [0.5, 0.6) is 5.75 Å². The van der Waals surface area contributed by atoms with Gasteiger partial charge in [-0.1, -0.05) is 30.0 Å². The number of benzene rings is 1. The largest absolute Gasteiger partial charge is 0.486 e. The lowest BCUT2D eigenvalue weighted by Crippen LogP contribution is -1.94. The highest BCUT2D eigenvalue weighted by atomic mass is 32.1. The van der Waals surface area contributed by atoms with E-state index in [2.05, 4.69) is 16.8 Å². The zero-order valence-corrected chi connectivity index (χ0v) is 12.2. The van der Waals surface area contributed by atoms with Gasteiger partial charge >= 0.3 is 0 Å². The zero-order chi connectivity index (χ0) is 14.5.